The van der Waals surface area contributed by atoms with E-state index in [-0.39, 0.29) is 24.0 Å². The Hall–Kier alpha value is -0.860. The second kappa shape index (κ2) is 11.7. The highest BCUT2D eigenvalue weighted by Gasteiger charge is 2.11. The number of hydrogen-bond donors (Lipinski definition) is 2. The highest BCUT2D eigenvalue weighted by atomic mass is 127. The molecule has 0 bridgehead atoms. The molecule has 25 heavy (non-hydrogen) atoms. The molecule has 1 aliphatic heterocycles. The van der Waals surface area contributed by atoms with Gasteiger partial charge in [-0.3, -0.25) is 9.89 Å². The zero-order valence-corrected chi connectivity index (χ0v) is 18.2. The minimum absolute atomic E-state index is 0. The summed E-state index contributed by atoms with van der Waals surface area (Å²) < 4.78 is 5.41. The zero-order valence-electron chi connectivity index (χ0n) is 15.9. The van der Waals surface area contributed by atoms with Crippen molar-refractivity contribution in [2.75, 3.05) is 33.4 Å². The van der Waals surface area contributed by atoms with Gasteiger partial charge in [0.25, 0.3) is 0 Å². The number of morpholine rings is 1. The molecular weight excluding hydrogens is 427 g/mol. The summed E-state index contributed by atoms with van der Waals surface area (Å²) in [7, 11) is 1.82. The standard InChI is InChI=1S/C19H32N4O.HI/c1-15(2)16(3)22-19(20-4)21-13-17-6-5-7-18(12-17)14-23-8-10-24-11-9-23;/h5-7,12,15-16H,8-11,13-14H2,1-4H3,(H2,20,21,22);1H. The number of benzene rings is 1. The molecule has 142 valence electrons. The zero-order chi connectivity index (χ0) is 17.4. The summed E-state index contributed by atoms with van der Waals surface area (Å²) in [6.45, 7) is 12.1. The van der Waals surface area contributed by atoms with Crippen LogP contribution in [-0.4, -0.2) is 50.3 Å². The summed E-state index contributed by atoms with van der Waals surface area (Å²) in [5, 5.41) is 6.84. The van der Waals surface area contributed by atoms with Crippen LogP contribution in [0.5, 0.6) is 0 Å². The van der Waals surface area contributed by atoms with Crippen molar-refractivity contribution in [2.24, 2.45) is 10.9 Å². The van der Waals surface area contributed by atoms with Crippen LogP contribution in [0, 0.1) is 5.92 Å². The highest BCUT2D eigenvalue weighted by Crippen LogP contribution is 2.10. The molecular formula is C19H33IN4O. The van der Waals surface area contributed by atoms with Crippen molar-refractivity contribution < 1.29 is 4.74 Å². The number of rotatable bonds is 6. The average molecular weight is 460 g/mol. The molecule has 0 spiro atoms. The summed E-state index contributed by atoms with van der Waals surface area (Å²) in [5.74, 6) is 1.43. The first kappa shape index (κ1) is 22.2. The van der Waals surface area contributed by atoms with Crippen LogP contribution in [0.3, 0.4) is 0 Å². The summed E-state index contributed by atoms with van der Waals surface area (Å²) >= 11 is 0. The molecule has 2 N–H and O–H groups in total. The van der Waals surface area contributed by atoms with Crippen molar-refractivity contribution >= 4 is 29.9 Å². The Kier molecular flexibility index (Phi) is 10.4. The Balaban J connectivity index is 0.00000312. The lowest BCUT2D eigenvalue weighted by molar-refractivity contribution is 0.0342. The maximum absolute atomic E-state index is 5.41. The van der Waals surface area contributed by atoms with Gasteiger partial charge >= 0.3 is 0 Å². The quantitative estimate of drug-likeness (QED) is 0.390. The van der Waals surface area contributed by atoms with Gasteiger partial charge in [0.2, 0.25) is 0 Å². The molecule has 1 saturated heterocycles. The SMILES string of the molecule is CN=C(NCc1cccc(CN2CCOCC2)c1)NC(C)C(C)C.I. The lowest BCUT2D eigenvalue weighted by Gasteiger charge is -2.26. The number of halogens is 1. The first-order chi connectivity index (χ1) is 11.6. The third-order valence-corrected chi connectivity index (χ3v) is 4.55. The molecule has 0 aromatic heterocycles. The van der Waals surface area contributed by atoms with Gasteiger partial charge in [0.15, 0.2) is 5.96 Å². The fraction of sp³-hybridized carbons (Fsp3) is 0.632. The van der Waals surface area contributed by atoms with Crippen molar-refractivity contribution in [1.29, 1.82) is 0 Å². The molecule has 1 fully saturated rings. The van der Waals surface area contributed by atoms with Gasteiger partial charge in [-0.25, -0.2) is 0 Å². The number of nitrogens with one attached hydrogen (secondary N) is 2. The van der Waals surface area contributed by atoms with Crippen LogP contribution in [-0.2, 0) is 17.8 Å². The topological polar surface area (TPSA) is 48.9 Å². The summed E-state index contributed by atoms with van der Waals surface area (Å²) in [5.41, 5.74) is 2.63. The summed E-state index contributed by atoms with van der Waals surface area (Å²) in [6.07, 6.45) is 0. The highest BCUT2D eigenvalue weighted by molar-refractivity contribution is 14.0. The molecule has 0 aliphatic carbocycles. The minimum atomic E-state index is 0. The van der Waals surface area contributed by atoms with Gasteiger partial charge in [-0.2, -0.15) is 0 Å². The van der Waals surface area contributed by atoms with Crippen LogP contribution >= 0.6 is 24.0 Å². The molecule has 0 radical (unpaired) electrons. The maximum Gasteiger partial charge on any atom is 0.191 e. The van der Waals surface area contributed by atoms with E-state index in [1.54, 1.807) is 0 Å². The number of ether oxygens (including phenoxy) is 1. The Labute approximate surface area is 169 Å². The number of aliphatic imine (C=N–C) groups is 1. The summed E-state index contributed by atoms with van der Waals surface area (Å²) in [4.78, 5) is 6.76. The molecule has 6 heteroatoms. The monoisotopic (exact) mass is 460 g/mol. The van der Waals surface area contributed by atoms with Gasteiger partial charge in [0.1, 0.15) is 0 Å². The lowest BCUT2D eigenvalue weighted by atomic mass is 10.1. The number of hydrogen-bond acceptors (Lipinski definition) is 3. The molecule has 1 atom stereocenters. The Morgan fingerprint density at radius 3 is 2.52 bits per heavy atom. The molecule has 5 nitrogen and oxygen atoms in total. The van der Waals surface area contributed by atoms with E-state index >= 15 is 0 Å². The maximum atomic E-state index is 5.41. The molecule has 2 rings (SSSR count). The van der Waals surface area contributed by atoms with E-state index in [4.69, 9.17) is 4.74 Å². The smallest absolute Gasteiger partial charge is 0.191 e. The molecule has 0 saturated carbocycles. The summed E-state index contributed by atoms with van der Waals surface area (Å²) in [6, 6.07) is 9.17. The predicted octanol–water partition coefficient (Wildman–Crippen LogP) is 2.85. The van der Waals surface area contributed by atoms with Crippen molar-refractivity contribution in [3.8, 4) is 0 Å². The normalized spacial score (nSPS) is 17.1. The van der Waals surface area contributed by atoms with Gasteiger partial charge in [-0.15, -0.1) is 24.0 Å². The first-order valence-electron chi connectivity index (χ1n) is 8.93. The fourth-order valence-corrected chi connectivity index (χ4v) is 2.62. The third kappa shape index (κ3) is 7.92. The largest absolute Gasteiger partial charge is 0.379 e. The van der Waals surface area contributed by atoms with E-state index in [1.165, 1.54) is 11.1 Å². The number of nitrogens with zero attached hydrogens (tertiary/aromatic N) is 2. The van der Waals surface area contributed by atoms with Crippen LogP contribution in [0.1, 0.15) is 31.9 Å². The fourth-order valence-electron chi connectivity index (χ4n) is 2.62. The van der Waals surface area contributed by atoms with E-state index < -0.39 is 0 Å². The van der Waals surface area contributed by atoms with E-state index in [9.17, 15) is 0 Å². The van der Waals surface area contributed by atoms with Gasteiger partial charge in [0.05, 0.1) is 13.2 Å². The van der Waals surface area contributed by atoms with Crippen LogP contribution in [0.15, 0.2) is 29.3 Å². The van der Waals surface area contributed by atoms with E-state index in [2.05, 4.69) is 65.6 Å². The molecule has 1 heterocycles. The third-order valence-electron chi connectivity index (χ3n) is 4.55. The van der Waals surface area contributed by atoms with Crippen LogP contribution < -0.4 is 10.6 Å². The molecule has 1 aromatic carbocycles. The average Bonchev–Trinajstić information content (AvgIpc) is 2.59. The number of guanidine groups is 1. The Morgan fingerprint density at radius 1 is 1.20 bits per heavy atom. The molecule has 1 aromatic rings. The van der Waals surface area contributed by atoms with Crippen LogP contribution in [0.2, 0.25) is 0 Å². The van der Waals surface area contributed by atoms with Crippen molar-refractivity contribution in [2.45, 2.75) is 39.9 Å². The molecule has 1 unspecified atom stereocenters. The second-order valence-electron chi connectivity index (χ2n) is 6.81. The van der Waals surface area contributed by atoms with Crippen LogP contribution in [0.25, 0.3) is 0 Å². The Bertz CT molecular complexity index is 530. The Morgan fingerprint density at radius 2 is 1.88 bits per heavy atom. The van der Waals surface area contributed by atoms with Crippen molar-refractivity contribution in [1.82, 2.24) is 15.5 Å². The lowest BCUT2D eigenvalue weighted by Crippen LogP contribution is -2.43. The molecule has 1 aliphatic rings. The first-order valence-corrected chi connectivity index (χ1v) is 8.93. The van der Waals surface area contributed by atoms with Gasteiger partial charge in [0, 0.05) is 39.3 Å². The van der Waals surface area contributed by atoms with E-state index in [1.807, 2.05) is 7.05 Å². The van der Waals surface area contributed by atoms with Gasteiger partial charge < -0.3 is 15.4 Å². The van der Waals surface area contributed by atoms with Crippen LogP contribution in [0.4, 0.5) is 0 Å². The van der Waals surface area contributed by atoms with Crippen molar-refractivity contribution in [3.63, 3.8) is 0 Å². The van der Waals surface area contributed by atoms with E-state index in [0.29, 0.717) is 12.0 Å². The molecule has 0 amide bonds. The van der Waals surface area contributed by atoms with Gasteiger partial charge in [-0.05, 0) is 24.0 Å². The van der Waals surface area contributed by atoms with Crippen molar-refractivity contribution in [3.05, 3.63) is 35.4 Å². The minimum Gasteiger partial charge on any atom is -0.379 e. The van der Waals surface area contributed by atoms with Gasteiger partial charge in [-0.1, -0.05) is 38.1 Å². The second-order valence-corrected chi connectivity index (χ2v) is 6.81. The van der Waals surface area contributed by atoms with E-state index in [0.717, 1.165) is 45.4 Å². The predicted molar refractivity (Wildman–Crippen MR) is 116 cm³/mol.